The zero-order chi connectivity index (χ0) is 24.6. The van der Waals surface area contributed by atoms with Crippen LogP contribution in [0.5, 0.6) is 0 Å². The number of amidine groups is 1. The summed E-state index contributed by atoms with van der Waals surface area (Å²) in [5.74, 6) is -5.13. The lowest BCUT2D eigenvalue weighted by molar-refractivity contribution is -0.128. The smallest absolute Gasteiger partial charge is 0.318 e. The van der Waals surface area contributed by atoms with Crippen LogP contribution in [0.1, 0.15) is 46.0 Å². The molecule has 0 spiro atoms. The molecule has 3 amide bonds. The van der Waals surface area contributed by atoms with Crippen LogP contribution < -0.4 is 10.6 Å². The molecule has 0 aromatic rings. The number of nitrogens with zero attached hydrogens (tertiary/aromatic N) is 2. The van der Waals surface area contributed by atoms with Gasteiger partial charge in [-0.25, -0.2) is 13.6 Å². The van der Waals surface area contributed by atoms with E-state index in [0.717, 1.165) is 12.8 Å². The van der Waals surface area contributed by atoms with Gasteiger partial charge in [0.05, 0.1) is 19.8 Å². The molecule has 1 aliphatic heterocycles. The second-order valence-corrected chi connectivity index (χ2v) is 8.34. The van der Waals surface area contributed by atoms with Crippen molar-refractivity contribution >= 4 is 29.5 Å². The van der Waals surface area contributed by atoms with Crippen molar-refractivity contribution in [2.24, 2.45) is 10.9 Å². The number of halogens is 2. The van der Waals surface area contributed by atoms with E-state index in [-0.39, 0.29) is 30.6 Å². The van der Waals surface area contributed by atoms with E-state index < -0.39 is 42.1 Å². The quantitative estimate of drug-likeness (QED) is 0.346. The minimum atomic E-state index is -3.23. The minimum Gasteiger partial charge on any atom is -0.478 e. The maximum Gasteiger partial charge on any atom is 0.318 e. The molecule has 0 unspecified atom stereocenters. The first-order valence-electron chi connectivity index (χ1n) is 11.1. The van der Waals surface area contributed by atoms with Gasteiger partial charge in [-0.15, -0.1) is 0 Å². The van der Waals surface area contributed by atoms with Gasteiger partial charge in [-0.2, -0.15) is 4.99 Å². The Morgan fingerprint density at radius 2 is 1.91 bits per heavy atom. The molecular weight excluding hydrogens is 440 g/mol. The second kappa shape index (κ2) is 12.0. The molecule has 3 N–H and O–H groups in total. The molecule has 0 aromatic heterocycles. The van der Waals surface area contributed by atoms with Crippen molar-refractivity contribution in [2.75, 3.05) is 33.4 Å². The Labute approximate surface area is 192 Å². The second-order valence-electron chi connectivity index (χ2n) is 8.34. The average molecular weight is 474 g/mol. The van der Waals surface area contributed by atoms with Gasteiger partial charge in [-0.1, -0.05) is 6.92 Å². The number of alkyl halides is 2. The summed E-state index contributed by atoms with van der Waals surface area (Å²) in [7, 11) is 1.23. The number of urea groups is 1. The molecule has 1 saturated carbocycles. The van der Waals surface area contributed by atoms with Crippen molar-refractivity contribution in [3.05, 3.63) is 0 Å². The van der Waals surface area contributed by atoms with Crippen LogP contribution in [0.3, 0.4) is 0 Å². The highest BCUT2D eigenvalue weighted by Crippen LogP contribution is 2.30. The lowest BCUT2D eigenvalue weighted by Gasteiger charge is -2.27. The van der Waals surface area contributed by atoms with Crippen molar-refractivity contribution in [3.8, 4) is 0 Å². The van der Waals surface area contributed by atoms with Gasteiger partial charge >= 0.3 is 6.03 Å². The van der Waals surface area contributed by atoms with E-state index in [1.54, 1.807) is 6.92 Å². The van der Waals surface area contributed by atoms with E-state index in [0.29, 0.717) is 33.1 Å². The van der Waals surface area contributed by atoms with E-state index in [9.17, 15) is 23.2 Å². The summed E-state index contributed by atoms with van der Waals surface area (Å²) in [6, 6.07) is -3.32. The third-order valence-electron chi connectivity index (χ3n) is 5.32. The number of ketones is 1. The normalized spacial score (nSPS) is 19.2. The lowest BCUT2D eigenvalue weighted by Crippen LogP contribution is -2.56. The molecule has 0 radical (unpaired) electrons. The van der Waals surface area contributed by atoms with Gasteiger partial charge in [0, 0.05) is 32.0 Å². The van der Waals surface area contributed by atoms with Gasteiger partial charge in [0.1, 0.15) is 11.9 Å². The number of methoxy groups -OCH3 is 1. The maximum atomic E-state index is 13.8. The van der Waals surface area contributed by atoms with Gasteiger partial charge in [-0.05, 0) is 32.6 Å². The highest BCUT2D eigenvalue weighted by molar-refractivity contribution is 6.40. The molecule has 2 fully saturated rings. The zero-order valence-electron chi connectivity index (χ0n) is 19.3. The number of hydrogen-bond donors (Lipinski definition) is 3. The topological polar surface area (TPSA) is 133 Å². The predicted molar refractivity (Wildman–Crippen MR) is 117 cm³/mol. The summed E-state index contributed by atoms with van der Waals surface area (Å²) in [6.07, 6.45) is 1.43. The monoisotopic (exact) mass is 473 g/mol. The van der Waals surface area contributed by atoms with E-state index in [1.807, 2.05) is 0 Å². The SMILES string of the molecule is CC[C@H](NC(=O)[C@H](CC(C)(F)F)NC(=O)N1CCCOCC1)C(=O)C(=NC(=N)C1CC1)OC. The molecule has 186 valence electrons. The summed E-state index contributed by atoms with van der Waals surface area (Å²) in [5.41, 5.74) is 0. The van der Waals surface area contributed by atoms with Crippen LogP contribution in [0.2, 0.25) is 0 Å². The van der Waals surface area contributed by atoms with E-state index in [1.165, 1.54) is 12.0 Å². The number of carbonyl (C=O) groups excluding carboxylic acids is 3. The van der Waals surface area contributed by atoms with Gasteiger partial charge in [0.25, 0.3) is 5.90 Å². The first-order valence-corrected chi connectivity index (χ1v) is 11.1. The number of hydrogen-bond acceptors (Lipinski definition) is 6. The van der Waals surface area contributed by atoms with Crippen molar-refractivity contribution in [1.29, 1.82) is 5.41 Å². The summed E-state index contributed by atoms with van der Waals surface area (Å²) in [5, 5.41) is 12.7. The Hall–Kier alpha value is -2.63. The van der Waals surface area contributed by atoms with Gasteiger partial charge in [0.15, 0.2) is 0 Å². The van der Waals surface area contributed by atoms with Crippen LogP contribution in [0, 0.1) is 11.3 Å². The predicted octanol–water partition coefficient (Wildman–Crippen LogP) is 1.73. The summed E-state index contributed by atoms with van der Waals surface area (Å²) in [4.78, 5) is 43.6. The Balaban J connectivity index is 2.10. The fourth-order valence-corrected chi connectivity index (χ4v) is 3.29. The van der Waals surface area contributed by atoms with E-state index in [4.69, 9.17) is 14.9 Å². The number of carbonyl (C=O) groups is 3. The summed E-state index contributed by atoms with van der Waals surface area (Å²) < 4.78 is 37.9. The Kier molecular flexibility index (Phi) is 9.69. The van der Waals surface area contributed by atoms with Crippen LogP contribution in [0.25, 0.3) is 0 Å². The molecule has 0 aromatic carbocycles. The zero-order valence-corrected chi connectivity index (χ0v) is 19.3. The average Bonchev–Trinajstić information content (AvgIpc) is 3.60. The fraction of sp³-hybridized carbons (Fsp3) is 0.762. The summed E-state index contributed by atoms with van der Waals surface area (Å²) >= 11 is 0. The number of nitrogens with one attached hydrogen (secondary N) is 3. The fourth-order valence-electron chi connectivity index (χ4n) is 3.29. The molecular formula is C21H33F2N5O5. The number of Topliss-reactive ketones (excluding diaryl/α,β-unsaturated/α-hetero) is 1. The maximum absolute atomic E-state index is 13.8. The molecule has 10 nitrogen and oxygen atoms in total. The van der Waals surface area contributed by atoms with E-state index in [2.05, 4.69) is 15.6 Å². The molecule has 2 rings (SSSR count). The Morgan fingerprint density at radius 1 is 1.21 bits per heavy atom. The molecule has 0 bridgehead atoms. The van der Waals surface area contributed by atoms with Crippen LogP contribution in [0.15, 0.2) is 4.99 Å². The standard InChI is InChI=1S/C21H33F2N5O5/c1-4-14(16(29)19(32-3)27-17(24)13-6-7-13)25-18(30)15(12-21(2,22)23)26-20(31)28-8-5-10-33-11-9-28/h13-15,24H,4-12H2,1-3H3,(H,25,30)(H,26,31)/t14-,15-/m0/s1. The molecule has 1 aliphatic carbocycles. The largest absolute Gasteiger partial charge is 0.478 e. The van der Waals surface area contributed by atoms with Crippen molar-refractivity contribution < 1.29 is 32.6 Å². The summed E-state index contributed by atoms with van der Waals surface area (Å²) in [6.45, 7) is 3.74. The van der Waals surface area contributed by atoms with Crippen molar-refractivity contribution in [2.45, 2.75) is 64.0 Å². The van der Waals surface area contributed by atoms with Crippen LogP contribution in [-0.4, -0.2) is 85.8 Å². The number of ether oxygens (including phenoxy) is 2. The van der Waals surface area contributed by atoms with Gasteiger partial charge in [0.2, 0.25) is 17.6 Å². The third-order valence-corrected chi connectivity index (χ3v) is 5.32. The van der Waals surface area contributed by atoms with Gasteiger partial charge < -0.3 is 25.0 Å². The number of rotatable bonds is 9. The molecule has 1 heterocycles. The Morgan fingerprint density at radius 3 is 2.48 bits per heavy atom. The third kappa shape index (κ3) is 8.67. The highest BCUT2D eigenvalue weighted by atomic mass is 19.3. The van der Waals surface area contributed by atoms with Crippen LogP contribution in [0.4, 0.5) is 13.6 Å². The first-order chi connectivity index (χ1) is 15.6. The number of amides is 3. The molecule has 1 saturated heterocycles. The molecule has 12 heteroatoms. The van der Waals surface area contributed by atoms with Crippen LogP contribution in [-0.2, 0) is 19.1 Å². The lowest BCUT2D eigenvalue weighted by atomic mass is 10.1. The van der Waals surface area contributed by atoms with Gasteiger partial charge in [-0.3, -0.25) is 15.0 Å². The van der Waals surface area contributed by atoms with Crippen molar-refractivity contribution in [3.63, 3.8) is 0 Å². The van der Waals surface area contributed by atoms with Crippen molar-refractivity contribution in [1.82, 2.24) is 15.5 Å². The minimum absolute atomic E-state index is 0.00613. The molecule has 2 aliphatic rings. The highest BCUT2D eigenvalue weighted by Gasteiger charge is 2.36. The first kappa shape index (κ1) is 26.6. The Bertz CT molecular complexity index is 759. The van der Waals surface area contributed by atoms with Crippen LogP contribution >= 0.6 is 0 Å². The number of aliphatic imine (C=N–C) groups is 1. The van der Waals surface area contributed by atoms with E-state index >= 15 is 0 Å². The molecule has 2 atom stereocenters. The molecule has 33 heavy (non-hydrogen) atoms.